The fraction of sp³-hybridized carbons (Fsp3) is 0.895. The lowest BCUT2D eigenvalue weighted by Gasteiger charge is -2.37. The zero-order valence-electron chi connectivity index (χ0n) is 14.5. The maximum atomic E-state index is 13.7. The van der Waals surface area contributed by atoms with E-state index >= 15 is 0 Å². The van der Waals surface area contributed by atoms with Crippen molar-refractivity contribution in [3.05, 3.63) is 11.7 Å². The summed E-state index contributed by atoms with van der Waals surface area (Å²) >= 11 is 0. The van der Waals surface area contributed by atoms with Crippen LogP contribution in [0.15, 0.2) is 11.7 Å². The average Bonchev–Trinajstić information content (AvgIpc) is 2.58. The third-order valence-corrected chi connectivity index (χ3v) is 6.11. The van der Waals surface area contributed by atoms with E-state index in [1.165, 1.54) is 44.9 Å². The summed E-state index contributed by atoms with van der Waals surface area (Å²) in [7, 11) is 0. The van der Waals surface area contributed by atoms with E-state index in [9.17, 15) is 22.0 Å². The molecule has 0 spiro atoms. The first-order valence-corrected chi connectivity index (χ1v) is 9.45. The maximum absolute atomic E-state index is 13.7. The van der Waals surface area contributed by atoms with Crippen LogP contribution in [-0.4, -0.2) is 6.18 Å². The Morgan fingerprint density at radius 2 is 1.33 bits per heavy atom. The SMILES string of the molecule is CCCCC1CCC(C2CCC(C(F)=C(F)C(F)(F)F)CC2)CC1. The fourth-order valence-corrected chi connectivity index (χ4v) is 4.60. The molecule has 2 fully saturated rings. The van der Waals surface area contributed by atoms with E-state index in [1.807, 2.05) is 0 Å². The molecule has 0 nitrogen and oxygen atoms in total. The third-order valence-electron chi connectivity index (χ3n) is 6.11. The van der Waals surface area contributed by atoms with Crippen LogP contribution in [-0.2, 0) is 0 Å². The van der Waals surface area contributed by atoms with Crippen molar-refractivity contribution in [1.29, 1.82) is 0 Å². The topological polar surface area (TPSA) is 0 Å². The molecule has 0 bridgehead atoms. The minimum Gasteiger partial charge on any atom is -0.208 e. The molecule has 0 aromatic carbocycles. The van der Waals surface area contributed by atoms with Crippen molar-refractivity contribution in [3.63, 3.8) is 0 Å². The molecule has 0 aromatic heterocycles. The highest BCUT2D eigenvalue weighted by Gasteiger charge is 2.41. The van der Waals surface area contributed by atoms with E-state index in [4.69, 9.17) is 0 Å². The summed E-state index contributed by atoms with van der Waals surface area (Å²) in [5.41, 5.74) is 0. The highest BCUT2D eigenvalue weighted by atomic mass is 19.4. The van der Waals surface area contributed by atoms with Crippen LogP contribution in [0.25, 0.3) is 0 Å². The van der Waals surface area contributed by atoms with Gasteiger partial charge in [0.25, 0.3) is 0 Å². The number of alkyl halides is 3. The van der Waals surface area contributed by atoms with Gasteiger partial charge in [0.05, 0.1) is 0 Å². The predicted octanol–water partition coefficient (Wildman–Crippen LogP) is 7.50. The van der Waals surface area contributed by atoms with E-state index < -0.39 is 23.7 Å². The Balaban J connectivity index is 1.79. The second-order valence-electron chi connectivity index (χ2n) is 7.69. The lowest BCUT2D eigenvalue weighted by molar-refractivity contribution is -0.112. The highest BCUT2D eigenvalue weighted by Crippen LogP contribution is 2.45. The standard InChI is InChI=1S/C19H29F5/c1-2-3-4-13-5-7-14(8-6-13)15-9-11-16(12-10-15)17(20)18(21)19(22,23)24/h13-16H,2-12H2,1H3. The summed E-state index contributed by atoms with van der Waals surface area (Å²) in [5.74, 6) is -3.05. The van der Waals surface area contributed by atoms with Crippen LogP contribution in [0.4, 0.5) is 22.0 Å². The largest absolute Gasteiger partial charge is 0.445 e. The van der Waals surface area contributed by atoms with Crippen LogP contribution in [0.3, 0.4) is 0 Å². The first-order chi connectivity index (χ1) is 11.3. The molecule has 0 radical (unpaired) electrons. The van der Waals surface area contributed by atoms with Gasteiger partial charge in [-0.2, -0.15) is 17.6 Å². The summed E-state index contributed by atoms with van der Waals surface area (Å²) in [6.07, 6.45) is 5.67. The van der Waals surface area contributed by atoms with E-state index in [-0.39, 0.29) is 0 Å². The molecule has 2 saturated carbocycles. The molecule has 2 rings (SSSR count). The molecule has 5 heteroatoms. The van der Waals surface area contributed by atoms with Gasteiger partial charge < -0.3 is 0 Å². The van der Waals surface area contributed by atoms with Crippen LogP contribution < -0.4 is 0 Å². The average molecular weight is 352 g/mol. The van der Waals surface area contributed by atoms with Crippen molar-refractivity contribution >= 4 is 0 Å². The molecular formula is C19H29F5. The van der Waals surface area contributed by atoms with Gasteiger partial charge in [-0.25, -0.2) is 4.39 Å². The molecule has 0 N–H and O–H groups in total. The van der Waals surface area contributed by atoms with Crippen molar-refractivity contribution in [2.75, 3.05) is 0 Å². The quantitative estimate of drug-likeness (QED) is 0.449. The zero-order valence-corrected chi connectivity index (χ0v) is 14.5. The van der Waals surface area contributed by atoms with Crippen molar-refractivity contribution < 1.29 is 22.0 Å². The third kappa shape index (κ3) is 5.19. The number of hydrogen-bond acceptors (Lipinski definition) is 0. The molecular weight excluding hydrogens is 323 g/mol. The van der Waals surface area contributed by atoms with Crippen LogP contribution in [0.1, 0.15) is 77.6 Å². The molecule has 0 aromatic rings. The minimum atomic E-state index is -5.20. The van der Waals surface area contributed by atoms with Crippen LogP contribution in [0.5, 0.6) is 0 Å². The number of hydrogen-bond donors (Lipinski definition) is 0. The highest BCUT2D eigenvalue weighted by molar-refractivity contribution is 5.10. The summed E-state index contributed by atoms with van der Waals surface area (Å²) < 4.78 is 63.6. The van der Waals surface area contributed by atoms with Gasteiger partial charge in [-0.3, -0.25) is 0 Å². The Hall–Kier alpha value is -0.610. The van der Waals surface area contributed by atoms with Gasteiger partial charge in [-0.15, -0.1) is 0 Å². The molecule has 0 amide bonds. The van der Waals surface area contributed by atoms with Crippen LogP contribution in [0.2, 0.25) is 0 Å². The Morgan fingerprint density at radius 3 is 1.79 bits per heavy atom. The summed E-state index contributed by atoms with van der Waals surface area (Å²) in [5, 5.41) is 0. The van der Waals surface area contributed by atoms with Gasteiger partial charge >= 0.3 is 6.18 Å². The van der Waals surface area contributed by atoms with Gasteiger partial charge in [0.1, 0.15) is 5.83 Å². The number of halogens is 5. The lowest BCUT2D eigenvalue weighted by Crippen LogP contribution is -2.26. The second-order valence-corrected chi connectivity index (χ2v) is 7.69. The molecule has 0 atom stereocenters. The number of allylic oxidation sites excluding steroid dienone is 2. The van der Waals surface area contributed by atoms with Gasteiger partial charge in [-0.05, 0) is 56.3 Å². The smallest absolute Gasteiger partial charge is 0.208 e. The van der Waals surface area contributed by atoms with Crippen molar-refractivity contribution in [2.45, 2.75) is 83.7 Å². The van der Waals surface area contributed by atoms with E-state index in [2.05, 4.69) is 6.92 Å². The molecule has 140 valence electrons. The second kappa shape index (κ2) is 8.66. The molecule has 0 heterocycles. The van der Waals surface area contributed by atoms with E-state index in [0.717, 1.165) is 18.8 Å². The van der Waals surface area contributed by atoms with Crippen LogP contribution in [0, 0.1) is 23.7 Å². The Kier molecular flexibility index (Phi) is 7.11. The Bertz CT molecular complexity index is 410. The zero-order chi connectivity index (χ0) is 17.7. The molecule has 0 saturated heterocycles. The summed E-state index contributed by atoms with van der Waals surface area (Å²) in [4.78, 5) is 0. The first kappa shape index (κ1) is 19.7. The molecule has 2 aliphatic rings. The fourth-order valence-electron chi connectivity index (χ4n) is 4.60. The molecule has 0 unspecified atom stereocenters. The molecule has 0 aliphatic heterocycles. The molecule has 24 heavy (non-hydrogen) atoms. The van der Waals surface area contributed by atoms with Gasteiger partial charge in [0.15, 0.2) is 0 Å². The van der Waals surface area contributed by atoms with E-state index in [1.54, 1.807) is 0 Å². The monoisotopic (exact) mass is 352 g/mol. The van der Waals surface area contributed by atoms with Gasteiger partial charge in [0, 0.05) is 5.92 Å². The number of unbranched alkanes of at least 4 members (excludes halogenated alkanes) is 1. The van der Waals surface area contributed by atoms with Crippen LogP contribution >= 0.6 is 0 Å². The number of rotatable bonds is 5. The molecule has 2 aliphatic carbocycles. The summed E-state index contributed by atoms with van der Waals surface area (Å²) in [6, 6.07) is 0. The minimum absolute atomic E-state index is 0.343. The Morgan fingerprint density at radius 1 is 0.833 bits per heavy atom. The van der Waals surface area contributed by atoms with E-state index in [0.29, 0.717) is 24.7 Å². The van der Waals surface area contributed by atoms with Crippen molar-refractivity contribution in [2.24, 2.45) is 23.7 Å². The predicted molar refractivity (Wildman–Crippen MR) is 85.7 cm³/mol. The Labute approximate surface area is 141 Å². The first-order valence-electron chi connectivity index (χ1n) is 9.45. The van der Waals surface area contributed by atoms with Gasteiger partial charge in [-0.1, -0.05) is 39.0 Å². The lowest BCUT2D eigenvalue weighted by atomic mass is 9.68. The summed E-state index contributed by atoms with van der Waals surface area (Å²) in [6.45, 7) is 2.21. The van der Waals surface area contributed by atoms with Crippen molar-refractivity contribution in [3.8, 4) is 0 Å². The normalized spacial score (nSPS) is 33.2. The van der Waals surface area contributed by atoms with Gasteiger partial charge in [0.2, 0.25) is 5.83 Å². The van der Waals surface area contributed by atoms with Crippen molar-refractivity contribution in [1.82, 2.24) is 0 Å². The maximum Gasteiger partial charge on any atom is 0.445 e.